The van der Waals surface area contributed by atoms with Crippen molar-refractivity contribution >= 4 is 0 Å². The Labute approximate surface area is 128 Å². The lowest BCUT2D eigenvalue weighted by Crippen LogP contribution is -2.58. The molecule has 0 aliphatic carbocycles. The molecule has 0 bridgehead atoms. The fourth-order valence-electron chi connectivity index (χ4n) is 3.15. The van der Waals surface area contributed by atoms with Crippen molar-refractivity contribution in [3.05, 3.63) is 29.3 Å². The third kappa shape index (κ3) is 3.39. The fourth-order valence-corrected chi connectivity index (χ4v) is 3.15. The predicted octanol–water partition coefficient (Wildman–Crippen LogP) is 2.12. The first-order chi connectivity index (χ1) is 10.0. The summed E-state index contributed by atoms with van der Waals surface area (Å²) in [5.74, 6) is 6.88. The number of hydrogen-bond acceptors (Lipinski definition) is 4. The summed E-state index contributed by atoms with van der Waals surface area (Å²) in [7, 11) is 4.25. The third-order valence-electron chi connectivity index (χ3n) is 5.16. The number of nitrogens with zero attached hydrogens (tertiary/aromatic N) is 1. The minimum atomic E-state index is 0.0641. The van der Waals surface area contributed by atoms with Crippen LogP contribution in [0.5, 0.6) is 5.75 Å². The Kier molecular flexibility index (Phi) is 5.25. The Morgan fingerprint density at radius 3 is 2.81 bits per heavy atom. The van der Waals surface area contributed by atoms with Crippen LogP contribution < -0.4 is 16.0 Å². The molecule has 0 aromatic heterocycles. The van der Waals surface area contributed by atoms with Crippen LogP contribution in [0.25, 0.3) is 0 Å². The second-order valence-corrected chi connectivity index (χ2v) is 6.40. The highest BCUT2D eigenvalue weighted by atomic mass is 16.5. The second-order valence-electron chi connectivity index (χ2n) is 6.40. The van der Waals surface area contributed by atoms with Crippen molar-refractivity contribution < 1.29 is 4.74 Å². The van der Waals surface area contributed by atoms with Crippen LogP contribution in [0.4, 0.5) is 0 Å². The van der Waals surface area contributed by atoms with Crippen molar-refractivity contribution in [1.29, 1.82) is 0 Å². The van der Waals surface area contributed by atoms with E-state index < -0.39 is 0 Å². The Hall–Kier alpha value is -1.10. The van der Waals surface area contributed by atoms with Crippen molar-refractivity contribution in [1.82, 2.24) is 10.3 Å². The zero-order chi connectivity index (χ0) is 15.5. The fraction of sp³-hybridized carbons (Fsp3) is 0.647. The van der Waals surface area contributed by atoms with Crippen LogP contribution in [0.2, 0.25) is 0 Å². The molecular formula is C17H29N3O. The maximum atomic E-state index is 5.83. The largest absolute Gasteiger partial charge is 0.493 e. The number of aryl methyl sites for hydroxylation is 1. The van der Waals surface area contributed by atoms with Crippen molar-refractivity contribution in [2.24, 2.45) is 5.84 Å². The molecule has 0 saturated heterocycles. The van der Waals surface area contributed by atoms with Crippen LogP contribution in [-0.2, 0) is 12.8 Å². The van der Waals surface area contributed by atoms with Crippen LogP contribution in [0, 0.1) is 0 Å². The van der Waals surface area contributed by atoms with Crippen molar-refractivity contribution in [3.8, 4) is 5.75 Å². The van der Waals surface area contributed by atoms with E-state index in [-0.39, 0.29) is 11.6 Å². The average molecular weight is 291 g/mol. The monoisotopic (exact) mass is 291 g/mol. The first-order valence-electron chi connectivity index (χ1n) is 7.89. The second kappa shape index (κ2) is 6.77. The van der Waals surface area contributed by atoms with Crippen molar-refractivity contribution in [2.45, 2.75) is 51.1 Å². The van der Waals surface area contributed by atoms with Gasteiger partial charge in [0, 0.05) is 18.0 Å². The topological polar surface area (TPSA) is 50.5 Å². The minimum Gasteiger partial charge on any atom is -0.493 e. The van der Waals surface area contributed by atoms with E-state index >= 15 is 0 Å². The number of rotatable bonds is 7. The van der Waals surface area contributed by atoms with Gasteiger partial charge in [-0.25, -0.2) is 0 Å². The molecule has 1 heterocycles. The number of benzene rings is 1. The molecule has 3 N–H and O–H groups in total. The lowest BCUT2D eigenvalue weighted by molar-refractivity contribution is 0.108. The molecule has 0 spiro atoms. The van der Waals surface area contributed by atoms with Gasteiger partial charge in [-0.2, -0.15) is 0 Å². The molecule has 1 aromatic rings. The highest BCUT2D eigenvalue weighted by Gasteiger charge is 2.33. The molecule has 4 heteroatoms. The summed E-state index contributed by atoms with van der Waals surface area (Å²) < 4.78 is 5.56. The van der Waals surface area contributed by atoms with E-state index in [0.29, 0.717) is 0 Å². The molecule has 2 unspecified atom stereocenters. The van der Waals surface area contributed by atoms with Gasteiger partial charge in [-0.1, -0.05) is 19.1 Å². The van der Waals surface area contributed by atoms with Gasteiger partial charge in [0.05, 0.1) is 6.61 Å². The Morgan fingerprint density at radius 1 is 1.43 bits per heavy atom. The molecule has 1 aliphatic rings. The molecule has 0 radical (unpaired) electrons. The normalized spacial score (nSPS) is 18.2. The van der Waals surface area contributed by atoms with E-state index in [1.807, 2.05) is 0 Å². The highest BCUT2D eigenvalue weighted by Crippen LogP contribution is 2.28. The summed E-state index contributed by atoms with van der Waals surface area (Å²) in [5.41, 5.74) is 5.81. The number of nitrogens with two attached hydrogens (primary N) is 1. The van der Waals surface area contributed by atoms with Gasteiger partial charge in [0.1, 0.15) is 5.75 Å². The van der Waals surface area contributed by atoms with Crippen LogP contribution in [0.3, 0.4) is 0 Å². The van der Waals surface area contributed by atoms with Gasteiger partial charge in [0.2, 0.25) is 0 Å². The third-order valence-corrected chi connectivity index (χ3v) is 5.16. The van der Waals surface area contributed by atoms with Gasteiger partial charge in [-0.15, -0.1) is 0 Å². The van der Waals surface area contributed by atoms with E-state index in [4.69, 9.17) is 10.6 Å². The summed E-state index contributed by atoms with van der Waals surface area (Å²) in [6.45, 7) is 5.31. The first kappa shape index (κ1) is 16.3. The average Bonchev–Trinajstić information content (AvgIpc) is 2.94. The lowest BCUT2D eigenvalue weighted by Gasteiger charge is -2.42. The molecular weight excluding hydrogens is 262 g/mol. The van der Waals surface area contributed by atoms with E-state index in [9.17, 15) is 0 Å². The quantitative estimate of drug-likeness (QED) is 0.597. The first-order valence-corrected chi connectivity index (χ1v) is 7.89. The minimum absolute atomic E-state index is 0.0641. The van der Waals surface area contributed by atoms with Crippen LogP contribution in [0.1, 0.15) is 37.8 Å². The van der Waals surface area contributed by atoms with Gasteiger partial charge in [-0.3, -0.25) is 11.3 Å². The Bertz CT molecular complexity index is 475. The summed E-state index contributed by atoms with van der Waals surface area (Å²) in [5, 5.41) is 0. The Balaban J connectivity index is 2.03. The molecule has 2 atom stereocenters. The van der Waals surface area contributed by atoms with Gasteiger partial charge in [0.25, 0.3) is 0 Å². The molecule has 21 heavy (non-hydrogen) atoms. The molecule has 4 nitrogen and oxygen atoms in total. The number of fused-ring (bicyclic) bond motifs is 1. The van der Waals surface area contributed by atoms with Crippen LogP contribution in [0.15, 0.2) is 18.2 Å². The summed E-state index contributed by atoms with van der Waals surface area (Å²) >= 11 is 0. The molecule has 1 aliphatic heterocycles. The zero-order valence-electron chi connectivity index (χ0n) is 13.8. The number of hydrogen-bond donors (Lipinski definition) is 2. The van der Waals surface area contributed by atoms with E-state index in [1.165, 1.54) is 11.1 Å². The van der Waals surface area contributed by atoms with Gasteiger partial charge < -0.3 is 9.64 Å². The van der Waals surface area contributed by atoms with E-state index in [0.717, 1.165) is 38.0 Å². The van der Waals surface area contributed by atoms with Crippen molar-refractivity contribution in [2.75, 3.05) is 20.7 Å². The molecule has 1 aromatic carbocycles. The number of ether oxygens (including phenoxy) is 1. The summed E-state index contributed by atoms with van der Waals surface area (Å²) in [6.07, 6.45) is 4.16. The maximum Gasteiger partial charge on any atom is 0.122 e. The summed E-state index contributed by atoms with van der Waals surface area (Å²) in [6, 6.07) is 6.83. The molecule has 2 rings (SSSR count). The van der Waals surface area contributed by atoms with Crippen LogP contribution >= 0.6 is 0 Å². The maximum absolute atomic E-state index is 5.83. The SMILES string of the molecule is CCC(C)(C(CCc1ccc2c(c1)CCO2)NN)N(C)C. The highest BCUT2D eigenvalue weighted by molar-refractivity contribution is 5.39. The van der Waals surface area contributed by atoms with Gasteiger partial charge in [0.15, 0.2) is 0 Å². The Morgan fingerprint density at radius 2 is 2.19 bits per heavy atom. The zero-order valence-corrected chi connectivity index (χ0v) is 13.8. The number of nitrogens with one attached hydrogen (secondary N) is 1. The van der Waals surface area contributed by atoms with E-state index in [2.05, 4.69) is 56.5 Å². The molecule has 0 amide bonds. The number of hydrazine groups is 1. The van der Waals surface area contributed by atoms with Crippen molar-refractivity contribution in [3.63, 3.8) is 0 Å². The molecule has 0 saturated carbocycles. The van der Waals surface area contributed by atoms with Gasteiger partial charge in [-0.05, 0) is 57.5 Å². The molecule has 0 fully saturated rings. The van der Waals surface area contributed by atoms with Crippen LogP contribution in [-0.4, -0.2) is 37.2 Å². The number of likely N-dealkylation sites (N-methyl/N-ethyl adjacent to an activating group) is 1. The van der Waals surface area contributed by atoms with E-state index in [1.54, 1.807) is 0 Å². The molecule has 118 valence electrons. The predicted molar refractivity (Wildman–Crippen MR) is 87.5 cm³/mol. The smallest absolute Gasteiger partial charge is 0.122 e. The summed E-state index contributed by atoms with van der Waals surface area (Å²) in [4.78, 5) is 2.27. The standard InChI is InChI=1S/C17H29N3O/c1-5-17(2,20(3)4)16(19-18)9-7-13-6-8-15-14(12-13)10-11-21-15/h6,8,12,16,19H,5,7,9-11,18H2,1-4H3. The van der Waals surface area contributed by atoms with Gasteiger partial charge >= 0.3 is 0 Å². The lowest BCUT2D eigenvalue weighted by atomic mass is 9.84.